The molecule has 0 N–H and O–H groups in total. The highest BCUT2D eigenvalue weighted by atomic mass is 35.5. The molecule has 2 aromatic carbocycles. The number of rotatable bonds is 8. The molecule has 1 heterocycles. The predicted octanol–water partition coefficient (Wildman–Crippen LogP) is 4.62. The fourth-order valence-electron chi connectivity index (χ4n) is 2.97. The smallest absolute Gasteiger partial charge is 0.233 e. The van der Waals surface area contributed by atoms with Crippen LogP contribution in [-0.2, 0) is 11.2 Å². The van der Waals surface area contributed by atoms with E-state index in [-0.39, 0.29) is 18.1 Å². The molecule has 0 aliphatic carbocycles. The molecule has 1 aromatic heterocycles. The molecular formula is C21H23ClFN3O2S. The number of carbonyl (C=O) groups excluding carboxylic acids is 1. The van der Waals surface area contributed by atoms with Gasteiger partial charge in [-0.1, -0.05) is 35.1 Å². The van der Waals surface area contributed by atoms with E-state index >= 15 is 0 Å². The number of nitrogens with zero attached hydrogens (tertiary/aromatic N) is 3. The first-order valence-corrected chi connectivity index (χ1v) is 10.4. The van der Waals surface area contributed by atoms with Gasteiger partial charge in [-0.15, -0.1) is 0 Å². The van der Waals surface area contributed by atoms with Gasteiger partial charge in [-0.05, 0) is 56.9 Å². The highest BCUT2D eigenvalue weighted by Gasteiger charge is 2.22. The van der Waals surface area contributed by atoms with E-state index in [9.17, 15) is 9.18 Å². The lowest BCUT2D eigenvalue weighted by molar-refractivity contribution is -0.118. The van der Waals surface area contributed by atoms with Gasteiger partial charge in [0.2, 0.25) is 5.91 Å². The third-order valence-electron chi connectivity index (χ3n) is 4.45. The fraction of sp³-hybridized carbons (Fsp3) is 0.333. The largest absolute Gasteiger partial charge is 0.494 e. The summed E-state index contributed by atoms with van der Waals surface area (Å²) in [5, 5.41) is 1.15. The fourth-order valence-corrected chi connectivity index (χ4v) is 4.27. The van der Waals surface area contributed by atoms with Gasteiger partial charge < -0.3 is 9.64 Å². The molecule has 0 spiro atoms. The standard InChI is InChI=1S/C21H23ClFN3O2S/c1-25(2)11-4-12-26(18(27)13-14-5-7-15(23)8-6-14)21-24-19-17(28-3)10-9-16(22)20(19)29-21/h5-10H,4,11-13H2,1-3H3. The lowest BCUT2D eigenvalue weighted by atomic mass is 10.1. The minimum atomic E-state index is -0.322. The maximum absolute atomic E-state index is 13.2. The molecule has 5 nitrogen and oxygen atoms in total. The average molecular weight is 436 g/mol. The third-order valence-corrected chi connectivity index (χ3v) is 5.99. The normalized spacial score (nSPS) is 11.2. The van der Waals surface area contributed by atoms with Crippen molar-refractivity contribution in [1.29, 1.82) is 0 Å². The van der Waals surface area contributed by atoms with E-state index in [1.807, 2.05) is 14.1 Å². The van der Waals surface area contributed by atoms with Crippen molar-refractivity contribution in [3.63, 3.8) is 0 Å². The van der Waals surface area contributed by atoms with E-state index in [1.54, 1.807) is 36.3 Å². The Hall–Kier alpha value is -2.22. The Bertz CT molecular complexity index is 992. The summed E-state index contributed by atoms with van der Waals surface area (Å²) >= 11 is 7.71. The maximum atomic E-state index is 13.2. The third kappa shape index (κ3) is 5.23. The second-order valence-corrected chi connectivity index (χ2v) is 8.31. The number of halogens is 2. The van der Waals surface area contributed by atoms with Crippen LogP contribution in [-0.4, -0.2) is 50.1 Å². The molecule has 0 radical (unpaired) electrons. The second-order valence-electron chi connectivity index (χ2n) is 6.93. The van der Waals surface area contributed by atoms with Crippen molar-refractivity contribution < 1.29 is 13.9 Å². The Labute approximate surface area is 178 Å². The number of hydrogen-bond acceptors (Lipinski definition) is 5. The molecule has 0 saturated carbocycles. The molecule has 0 saturated heterocycles. The monoisotopic (exact) mass is 435 g/mol. The van der Waals surface area contributed by atoms with Gasteiger partial charge >= 0.3 is 0 Å². The van der Waals surface area contributed by atoms with E-state index in [2.05, 4.69) is 9.88 Å². The molecule has 29 heavy (non-hydrogen) atoms. The van der Waals surface area contributed by atoms with Gasteiger partial charge in [0.1, 0.15) is 17.1 Å². The van der Waals surface area contributed by atoms with Crippen LogP contribution in [0.4, 0.5) is 9.52 Å². The van der Waals surface area contributed by atoms with Crippen LogP contribution in [0.1, 0.15) is 12.0 Å². The average Bonchev–Trinajstić information content (AvgIpc) is 3.13. The first-order chi connectivity index (χ1) is 13.9. The van der Waals surface area contributed by atoms with E-state index in [0.29, 0.717) is 28.0 Å². The molecular weight excluding hydrogens is 413 g/mol. The van der Waals surface area contributed by atoms with Gasteiger partial charge in [0.25, 0.3) is 0 Å². The summed E-state index contributed by atoms with van der Waals surface area (Å²) in [6, 6.07) is 9.52. The summed E-state index contributed by atoms with van der Waals surface area (Å²) in [5.74, 6) is 0.201. The minimum Gasteiger partial charge on any atom is -0.494 e. The number of carbonyl (C=O) groups is 1. The molecule has 154 valence electrons. The summed E-state index contributed by atoms with van der Waals surface area (Å²) in [6.45, 7) is 1.37. The van der Waals surface area contributed by atoms with Crippen LogP contribution in [0, 0.1) is 5.82 Å². The van der Waals surface area contributed by atoms with Gasteiger partial charge in [0.05, 0.1) is 23.3 Å². The number of aromatic nitrogens is 1. The van der Waals surface area contributed by atoms with Crippen molar-refractivity contribution in [1.82, 2.24) is 9.88 Å². The van der Waals surface area contributed by atoms with Crippen LogP contribution in [0.5, 0.6) is 5.75 Å². The Balaban J connectivity index is 1.92. The van der Waals surface area contributed by atoms with Crippen molar-refractivity contribution in [2.45, 2.75) is 12.8 Å². The first kappa shape index (κ1) is 21.5. The zero-order valence-corrected chi connectivity index (χ0v) is 18.2. The number of anilines is 1. The summed E-state index contributed by atoms with van der Waals surface area (Å²) in [7, 11) is 5.57. The Kier molecular flexibility index (Phi) is 7.05. The van der Waals surface area contributed by atoms with Crippen LogP contribution in [0.2, 0.25) is 5.02 Å². The van der Waals surface area contributed by atoms with Crippen molar-refractivity contribution in [3.05, 3.63) is 52.8 Å². The zero-order valence-electron chi connectivity index (χ0n) is 16.6. The first-order valence-electron chi connectivity index (χ1n) is 9.21. The highest BCUT2D eigenvalue weighted by Crippen LogP contribution is 2.38. The molecule has 0 fully saturated rings. The lowest BCUT2D eigenvalue weighted by Gasteiger charge is -2.21. The molecule has 0 bridgehead atoms. The zero-order chi connectivity index (χ0) is 21.0. The summed E-state index contributed by atoms with van der Waals surface area (Å²) in [6.07, 6.45) is 0.964. The predicted molar refractivity (Wildman–Crippen MR) is 117 cm³/mol. The van der Waals surface area contributed by atoms with Crippen LogP contribution >= 0.6 is 22.9 Å². The van der Waals surface area contributed by atoms with Crippen molar-refractivity contribution in [3.8, 4) is 5.75 Å². The van der Waals surface area contributed by atoms with Gasteiger partial charge in [0.15, 0.2) is 5.13 Å². The van der Waals surface area contributed by atoms with Crippen molar-refractivity contribution in [2.24, 2.45) is 0 Å². The number of fused-ring (bicyclic) bond motifs is 1. The van der Waals surface area contributed by atoms with Crippen LogP contribution in [0.3, 0.4) is 0 Å². The van der Waals surface area contributed by atoms with Crippen LogP contribution in [0.15, 0.2) is 36.4 Å². The van der Waals surface area contributed by atoms with E-state index in [4.69, 9.17) is 16.3 Å². The molecule has 0 unspecified atom stereocenters. The number of ether oxygens (including phenoxy) is 1. The highest BCUT2D eigenvalue weighted by molar-refractivity contribution is 7.23. The Morgan fingerprint density at radius 1 is 1.17 bits per heavy atom. The molecule has 1 amide bonds. The van der Waals surface area contributed by atoms with E-state index in [1.165, 1.54) is 23.5 Å². The van der Waals surface area contributed by atoms with Crippen LogP contribution < -0.4 is 9.64 Å². The number of thiazole rings is 1. The summed E-state index contributed by atoms with van der Waals surface area (Å²) < 4.78 is 19.4. The maximum Gasteiger partial charge on any atom is 0.233 e. The number of benzene rings is 2. The second kappa shape index (κ2) is 9.52. The molecule has 8 heteroatoms. The molecule has 3 rings (SSSR count). The van der Waals surface area contributed by atoms with Crippen LogP contribution in [0.25, 0.3) is 10.2 Å². The Morgan fingerprint density at radius 2 is 1.90 bits per heavy atom. The van der Waals surface area contributed by atoms with E-state index < -0.39 is 0 Å². The lowest BCUT2D eigenvalue weighted by Crippen LogP contribution is -2.34. The van der Waals surface area contributed by atoms with Gasteiger partial charge in [0, 0.05) is 6.54 Å². The molecule has 3 aromatic rings. The molecule has 0 aliphatic heterocycles. The number of amides is 1. The Morgan fingerprint density at radius 3 is 2.55 bits per heavy atom. The molecule has 0 atom stereocenters. The van der Waals surface area contributed by atoms with Gasteiger partial charge in [-0.3, -0.25) is 9.69 Å². The topological polar surface area (TPSA) is 45.7 Å². The van der Waals surface area contributed by atoms with Gasteiger partial charge in [-0.2, -0.15) is 0 Å². The van der Waals surface area contributed by atoms with Crippen molar-refractivity contribution >= 4 is 44.2 Å². The summed E-state index contributed by atoms with van der Waals surface area (Å²) in [5.41, 5.74) is 1.40. The number of hydrogen-bond donors (Lipinski definition) is 0. The van der Waals surface area contributed by atoms with E-state index in [0.717, 1.165) is 23.2 Å². The summed E-state index contributed by atoms with van der Waals surface area (Å²) in [4.78, 5) is 21.5. The van der Waals surface area contributed by atoms with Crippen molar-refractivity contribution in [2.75, 3.05) is 39.2 Å². The molecule has 0 aliphatic rings. The minimum absolute atomic E-state index is 0.0930. The number of methoxy groups -OCH3 is 1. The SMILES string of the molecule is COc1ccc(Cl)c2sc(N(CCCN(C)C)C(=O)Cc3ccc(F)cc3)nc12. The van der Waals surface area contributed by atoms with Gasteiger partial charge in [-0.25, -0.2) is 9.37 Å². The quantitative estimate of drug-likeness (QED) is 0.517.